The summed E-state index contributed by atoms with van der Waals surface area (Å²) in [5.41, 5.74) is 1.06. The highest BCUT2D eigenvalue weighted by Gasteiger charge is 2.51. The van der Waals surface area contributed by atoms with E-state index in [9.17, 15) is 9.59 Å². The number of carbonyl (C=O) groups excluding carboxylic acids is 2. The number of hydrogen-bond acceptors (Lipinski definition) is 4. The first kappa shape index (κ1) is 18.5. The molecule has 1 saturated carbocycles. The van der Waals surface area contributed by atoms with Crippen molar-refractivity contribution in [1.82, 2.24) is 4.90 Å². The standard InChI is InChI=1S/C23H28N2O4/c26-21-10-12-23(11-4-3-7-20(23)25(21)17-5-1-2-6-17)22(27)24-16-8-9-18-19(15-16)29-14-13-28-18/h7-9,15,17H,1-6,10-14H2,(H,24,27). The minimum absolute atomic E-state index is 0.00405. The number of rotatable bonds is 3. The Balaban J connectivity index is 1.43. The second-order valence-corrected chi connectivity index (χ2v) is 8.58. The number of allylic oxidation sites excluding steroid dienone is 1. The molecule has 1 aromatic carbocycles. The van der Waals surface area contributed by atoms with E-state index in [-0.39, 0.29) is 17.9 Å². The second-order valence-electron chi connectivity index (χ2n) is 8.58. The van der Waals surface area contributed by atoms with Gasteiger partial charge in [-0.3, -0.25) is 9.59 Å². The monoisotopic (exact) mass is 396 g/mol. The summed E-state index contributed by atoms with van der Waals surface area (Å²) in [5, 5.41) is 3.12. The predicted molar refractivity (Wildman–Crippen MR) is 109 cm³/mol. The van der Waals surface area contributed by atoms with Crippen LogP contribution in [0.15, 0.2) is 30.0 Å². The second kappa shape index (κ2) is 7.39. The largest absolute Gasteiger partial charge is 0.486 e. The molecule has 2 fully saturated rings. The van der Waals surface area contributed by atoms with Crippen molar-refractivity contribution < 1.29 is 19.1 Å². The van der Waals surface area contributed by atoms with Gasteiger partial charge >= 0.3 is 0 Å². The molecule has 5 rings (SSSR count). The van der Waals surface area contributed by atoms with Crippen molar-refractivity contribution in [3.05, 3.63) is 30.0 Å². The van der Waals surface area contributed by atoms with Gasteiger partial charge in [0, 0.05) is 29.9 Å². The van der Waals surface area contributed by atoms with Gasteiger partial charge in [0.15, 0.2) is 11.5 Å². The van der Waals surface area contributed by atoms with Crippen LogP contribution in [-0.4, -0.2) is 36.0 Å². The maximum atomic E-state index is 13.6. The van der Waals surface area contributed by atoms with Crippen molar-refractivity contribution in [2.24, 2.45) is 5.41 Å². The Morgan fingerprint density at radius 2 is 1.86 bits per heavy atom. The van der Waals surface area contributed by atoms with E-state index in [1.165, 1.54) is 0 Å². The molecule has 6 heteroatoms. The van der Waals surface area contributed by atoms with Crippen molar-refractivity contribution in [3.63, 3.8) is 0 Å². The molecule has 0 aromatic heterocycles. The van der Waals surface area contributed by atoms with Crippen molar-refractivity contribution in [1.29, 1.82) is 0 Å². The number of hydrogen-bond donors (Lipinski definition) is 1. The molecule has 1 unspecified atom stereocenters. The van der Waals surface area contributed by atoms with E-state index < -0.39 is 5.41 Å². The highest BCUT2D eigenvalue weighted by molar-refractivity contribution is 6.00. The average Bonchev–Trinajstić information content (AvgIpc) is 3.28. The van der Waals surface area contributed by atoms with Gasteiger partial charge in [-0.25, -0.2) is 0 Å². The van der Waals surface area contributed by atoms with E-state index in [0.717, 1.165) is 50.6 Å². The van der Waals surface area contributed by atoms with Crippen LogP contribution in [0, 0.1) is 5.41 Å². The fourth-order valence-corrected chi connectivity index (χ4v) is 5.40. The van der Waals surface area contributed by atoms with E-state index in [1.54, 1.807) is 0 Å². The van der Waals surface area contributed by atoms with Crippen LogP contribution < -0.4 is 14.8 Å². The number of anilines is 1. The Morgan fingerprint density at radius 3 is 2.69 bits per heavy atom. The van der Waals surface area contributed by atoms with Crippen LogP contribution in [-0.2, 0) is 9.59 Å². The van der Waals surface area contributed by atoms with Crippen LogP contribution in [0.3, 0.4) is 0 Å². The van der Waals surface area contributed by atoms with E-state index in [4.69, 9.17) is 9.47 Å². The lowest BCUT2D eigenvalue weighted by atomic mass is 9.68. The number of piperidine rings is 1. The van der Waals surface area contributed by atoms with Crippen molar-refractivity contribution >= 4 is 17.5 Å². The Morgan fingerprint density at radius 1 is 1.07 bits per heavy atom. The van der Waals surface area contributed by atoms with Crippen LogP contribution >= 0.6 is 0 Å². The molecule has 0 spiro atoms. The first-order valence-corrected chi connectivity index (χ1v) is 10.9. The van der Waals surface area contributed by atoms with Gasteiger partial charge in [-0.1, -0.05) is 18.9 Å². The number of fused-ring (bicyclic) bond motifs is 2. The molecule has 6 nitrogen and oxygen atoms in total. The third-order valence-electron chi connectivity index (χ3n) is 6.85. The molecule has 1 atom stereocenters. The number of carbonyl (C=O) groups is 2. The summed E-state index contributed by atoms with van der Waals surface area (Å²) >= 11 is 0. The minimum Gasteiger partial charge on any atom is -0.486 e. The smallest absolute Gasteiger partial charge is 0.236 e. The van der Waals surface area contributed by atoms with Gasteiger partial charge in [-0.2, -0.15) is 0 Å². The van der Waals surface area contributed by atoms with Crippen LogP contribution in [0.2, 0.25) is 0 Å². The fourth-order valence-electron chi connectivity index (χ4n) is 5.40. The molecule has 2 amide bonds. The van der Waals surface area contributed by atoms with Crippen molar-refractivity contribution in [3.8, 4) is 11.5 Å². The fraction of sp³-hybridized carbons (Fsp3) is 0.565. The molecule has 0 radical (unpaired) electrons. The Labute approximate surface area is 171 Å². The number of amides is 2. The van der Waals surface area contributed by atoms with Gasteiger partial charge in [0.25, 0.3) is 0 Å². The summed E-state index contributed by atoms with van der Waals surface area (Å²) in [6.45, 7) is 1.06. The van der Waals surface area contributed by atoms with Gasteiger partial charge in [-0.15, -0.1) is 0 Å². The minimum atomic E-state index is -0.609. The van der Waals surface area contributed by atoms with Crippen molar-refractivity contribution in [2.45, 2.75) is 63.8 Å². The number of ether oxygens (including phenoxy) is 2. The molecule has 1 aromatic rings. The van der Waals surface area contributed by atoms with E-state index in [1.807, 2.05) is 23.1 Å². The number of nitrogens with zero attached hydrogens (tertiary/aromatic N) is 1. The lowest BCUT2D eigenvalue weighted by molar-refractivity contribution is -0.140. The zero-order valence-corrected chi connectivity index (χ0v) is 16.7. The third-order valence-corrected chi connectivity index (χ3v) is 6.85. The van der Waals surface area contributed by atoms with Crippen LogP contribution in [0.4, 0.5) is 5.69 Å². The average molecular weight is 396 g/mol. The molecule has 0 bridgehead atoms. The molecule has 2 aliphatic heterocycles. The molecule has 1 N–H and O–H groups in total. The molecular weight excluding hydrogens is 368 g/mol. The van der Waals surface area contributed by atoms with Gasteiger partial charge in [-0.05, 0) is 50.7 Å². The first-order chi connectivity index (χ1) is 14.2. The maximum absolute atomic E-state index is 13.6. The maximum Gasteiger partial charge on any atom is 0.236 e. The molecule has 1 saturated heterocycles. The third kappa shape index (κ3) is 3.18. The molecular formula is C23H28N2O4. The Kier molecular flexibility index (Phi) is 4.72. The normalized spacial score (nSPS) is 26.7. The lowest BCUT2D eigenvalue weighted by Gasteiger charge is -2.48. The van der Waals surface area contributed by atoms with Crippen LogP contribution in [0.25, 0.3) is 0 Å². The van der Waals surface area contributed by atoms with E-state index in [0.29, 0.717) is 43.2 Å². The van der Waals surface area contributed by atoms with Gasteiger partial charge in [0.1, 0.15) is 13.2 Å². The molecule has 4 aliphatic rings. The van der Waals surface area contributed by atoms with Crippen LogP contribution in [0.1, 0.15) is 57.8 Å². The highest BCUT2D eigenvalue weighted by Crippen LogP contribution is 2.49. The summed E-state index contributed by atoms with van der Waals surface area (Å²) in [6.07, 6.45) is 10.3. The van der Waals surface area contributed by atoms with Gasteiger partial charge in [0.2, 0.25) is 11.8 Å². The van der Waals surface area contributed by atoms with Crippen LogP contribution in [0.5, 0.6) is 11.5 Å². The molecule has 2 heterocycles. The summed E-state index contributed by atoms with van der Waals surface area (Å²) < 4.78 is 11.2. The SMILES string of the molecule is O=C1CCC2(C(=O)Nc3ccc4c(c3)OCCO4)CCCC=C2N1C1CCCC1. The zero-order valence-electron chi connectivity index (χ0n) is 16.7. The lowest BCUT2D eigenvalue weighted by Crippen LogP contribution is -2.53. The first-order valence-electron chi connectivity index (χ1n) is 10.9. The quantitative estimate of drug-likeness (QED) is 0.838. The Bertz CT molecular complexity index is 858. The summed E-state index contributed by atoms with van der Waals surface area (Å²) in [5.74, 6) is 1.56. The molecule has 2 aliphatic carbocycles. The number of likely N-dealkylation sites (tertiary alicyclic amines) is 1. The number of nitrogens with one attached hydrogen (secondary N) is 1. The van der Waals surface area contributed by atoms with Crippen molar-refractivity contribution in [2.75, 3.05) is 18.5 Å². The number of benzene rings is 1. The summed E-state index contributed by atoms with van der Waals surface area (Å²) in [4.78, 5) is 28.4. The van der Waals surface area contributed by atoms with E-state index in [2.05, 4.69) is 11.4 Å². The van der Waals surface area contributed by atoms with Gasteiger partial charge < -0.3 is 19.7 Å². The van der Waals surface area contributed by atoms with E-state index >= 15 is 0 Å². The zero-order chi connectivity index (χ0) is 19.8. The predicted octanol–water partition coefficient (Wildman–Crippen LogP) is 4.02. The summed E-state index contributed by atoms with van der Waals surface area (Å²) in [7, 11) is 0. The molecule has 154 valence electrons. The molecule has 29 heavy (non-hydrogen) atoms. The Hall–Kier alpha value is -2.50. The summed E-state index contributed by atoms with van der Waals surface area (Å²) in [6, 6.07) is 5.79. The topological polar surface area (TPSA) is 67.9 Å². The highest BCUT2D eigenvalue weighted by atomic mass is 16.6. The van der Waals surface area contributed by atoms with Gasteiger partial charge in [0.05, 0.1) is 5.41 Å².